The highest BCUT2D eigenvalue weighted by atomic mass is 16.2. The van der Waals surface area contributed by atoms with E-state index in [1.807, 2.05) is 64.4 Å². The monoisotopic (exact) mass is 438 g/mol. The van der Waals surface area contributed by atoms with Gasteiger partial charge in [-0.1, -0.05) is 42.5 Å². The highest BCUT2D eigenvalue weighted by molar-refractivity contribution is 5.95. The van der Waals surface area contributed by atoms with Gasteiger partial charge in [0.2, 0.25) is 0 Å². The lowest BCUT2D eigenvalue weighted by atomic mass is 10.1. The van der Waals surface area contributed by atoms with Crippen molar-refractivity contribution in [2.75, 3.05) is 33.2 Å². The summed E-state index contributed by atoms with van der Waals surface area (Å²) in [5, 5.41) is 4.48. The Morgan fingerprint density at radius 1 is 0.879 bits per heavy atom. The largest absolute Gasteiger partial charge is 0.336 e. The van der Waals surface area contributed by atoms with E-state index in [4.69, 9.17) is 4.98 Å². The van der Waals surface area contributed by atoms with E-state index in [1.165, 1.54) is 5.56 Å². The Hall–Kier alpha value is -3.84. The SMILES string of the molecule is CN1CCN(C(=O)c2cccc(-c3cncc(-c4cnn(Cc5ccccc5)c4)n3)c2)CC1. The molecule has 0 aliphatic carbocycles. The molecular formula is C26H26N6O. The van der Waals surface area contributed by atoms with Gasteiger partial charge < -0.3 is 9.80 Å². The summed E-state index contributed by atoms with van der Waals surface area (Å²) in [6.07, 6.45) is 7.27. The smallest absolute Gasteiger partial charge is 0.253 e. The number of carbonyl (C=O) groups excluding carboxylic acids is 1. The summed E-state index contributed by atoms with van der Waals surface area (Å²) in [5.74, 6) is 0.0660. The summed E-state index contributed by atoms with van der Waals surface area (Å²) in [6.45, 7) is 4.00. The second kappa shape index (κ2) is 9.34. The van der Waals surface area contributed by atoms with Gasteiger partial charge in [-0.3, -0.25) is 14.5 Å². The van der Waals surface area contributed by atoms with Gasteiger partial charge in [0.1, 0.15) is 0 Å². The molecule has 2 aromatic heterocycles. The molecule has 0 spiro atoms. The lowest BCUT2D eigenvalue weighted by Gasteiger charge is -2.32. The van der Waals surface area contributed by atoms with E-state index in [9.17, 15) is 4.79 Å². The minimum Gasteiger partial charge on any atom is -0.336 e. The molecule has 1 amide bonds. The molecule has 0 radical (unpaired) electrons. The fourth-order valence-electron chi connectivity index (χ4n) is 4.00. The van der Waals surface area contributed by atoms with Gasteiger partial charge in [-0.15, -0.1) is 0 Å². The van der Waals surface area contributed by atoms with Crippen LogP contribution >= 0.6 is 0 Å². The van der Waals surface area contributed by atoms with Gasteiger partial charge in [-0.05, 0) is 24.7 Å². The number of rotatable bonds is 5. The number of hydrogen-bond donors (Lipinski definition) is 0. The van der Waals surface area contributed by atoms with Crippen molar-refractivity contribution in [2.45, 2.75) is 6.54 Å². The van der Waals surface area contributed by atoms with Crippen LogP contribution in [0.2, 0.25) is 0 Å². The van der Waals surface area contributed by atoms with E-state index < -0.39 is 0 Å². The number of piperazine rings is 1. The third-order valence-corrected chi connectivity index (χ3v) is 5.95. The molecule has 0 bridgehead atoms. The highest BCUT2D eigenvalue weighted by Crippen LogP contribution is 2.23. The van der Waals surface area contributed by atoms with Gasteiger partial charge in [0, 0.05) is 49.1 Å². The topological polar surface area (TPSA) is 67.2 Å². The molecule has 0 unspecified atom stereocenters. The van der Waals surface area contributed by atoms with Crippen LogP contribution in [-0.2, 0) is 6.54 Å². The Labute approximate surface area is 193 Å². The summed E-state index contributed by atoms with van der Waals surface area (Å²) in [6, 6.07) is 17.9. The van der Waals surface area contributed by atoms with Crippen LogP contribution < -0.4 is 0 Å². The van der Waals surface area contributed by atoms with Crippen molar-refractivity contribution in [3.8, 4) is 22.5 Å². The third kappa shape index (κ3) is 4.83. The van der Waals surface area contributed by atoms with Crippen molar-refractivity contribution in [3.05, 3.63) is 90.5 Å². The summed E-state index contributed by atoms with van der Waals surface area (Å²) < 4.78 is 1.90. The Balaban J connectivity index is 1.35. The first-order valence-corrected chi connectivity index (χ1v) is 11.1. The number of likely N-dealkylation sites (N-methyl/N-ethyl adjacent to an activating group) is 1. The van der Waals surface area contributed by atoms with Crippen molar-refractivity contribution in [1.29, 1.82) is 0 Å². The molecule has 1 fully saturated rings. The van der Waals surface area contributed by atoms with Crippen LogP contribution in [0.4, 0.5) is 0 Å². The first kappa shape index (κ1) is 21.0. The molecule has 2 aromatic carbocycles. The minimum atomic E-state index is 0.0660. The number of aromatic nitrogens is 4. The van der Waals surface area contributed by atoms with Gasteiger partial charge in [0.05, 0.1) is 36.5 Å². The Morgan fingerprint density at radius 2 is 1.64 bits per heavy atom. The van der Waals surface area contributed by atoms with Crippen LogP contribution in [0.25, 0.3) is 22.5 Å². The summed E-state index contributed by atoms with van der Waals surface area (Å²) in [5.41, 5.74) is 5.14. The predicted octanol–water partition coefficient (Wildman–Crippen LogP) is 3.44. The van der Waals surface area contributed by atoms with Crippen molar-refractivity contribution >= 4 is 5.91 Å². The molecule has 7 heteroatoms. The average Bonchev–Trinajstić information content (AvgIpc) is 3.33. The molecule has 1 aliphatic rings. The van der Waals surface area contributed by atoms with Gasteiger partial charge in [0.25, 0.3) is 5.91 Å². The number of amides is 1. The van der Waals surface area contributed by atoms with E-state index in [0.717, 1.165) is 48.7 Å². The maximum absolute atomic E-state index is 13.0. The maximum Gasteiger partial charge on any atom is 0.253 e. The van der Waals surface area contributed by atoms with E-state index in [1.54, 1.807) is 12.4 Å². The molecule has 166 valence electrons. The fraction of sp³-hybridized carbons (Fsp3) is 0.231. The summed E-state index contributed by atoms with van der Waals surface area (Å²) in [7, 11) is 2.08. The summed E-state index contributed by atoms with van der Waals surface area (Å²) in [4.78, 5) is 26.4. The Kier molecular flexibility index (Phi) is 5.95. The fourth-order valence-corrected chi connectivity index (χ4v) is 4.00. The Bertz CT molecular complexity index is 1240. The average molecular weight is 439 g/mol. The minimum absolute atomic E-state index is 0.0660. The quantitative estimate of drug-likeness (QED) is 0.478. The zero-order chi connectivity index (χ0) is 22.6. The van der Waals surface area contributed by atoms with Crippen LogP contribution in [0.3, 0.4) is 0 Å². The van der Waals surface area contributed by atoms with E-state index in [2.05, 4.69) is 34.2 Å². The second-order valence-electron chi connectivity index (χ2n) is 8.38. The van der Waals surface area contributed by atoms with Gasteiger partial charge in [0.15, 0.2) is 0 Å². The highest BCUT2D eigenvalue weighted by Gasteiger charge is 2.20. The predicted molar refractivity (Wildman–Crippen MR) is 128 cm³/mol. The molecule has 4 aromatic rings. The van der Waals surface area contributed by atoms with Crippen LogP contribution in [0.15, 0.2) is 79.4 Å². The normalized spacial score (nSPS) is 14.4. The molecule has 33 heavy (non-hydrogen) atoms. The molecule has 1 saturated heterocycles. The van der Waals surface area contributed by atoms with Crippen LogP contribution in [-0.4, -0.2) is 68.7 Å². The molecule has 3 heterocycles. The number of benzene rings is 2. The van der Waals surface area contributed by atoms with Crippen LogP contribution in [0.1, 0.15) is 15.9 Å². The van der Waals surface area contributed by atoms with Crippen molar-refractivity contribution in [2.24, 2.45) is 0 Å². The van der Waals surface area contributed by atoms with Crippen LogP contribution in [0.5, 0.6) is 0 Å². The zero-order valence-corrected chi connectivity index (χ0v) is 18.6. The maximum atomic E-state index is 13.0. The lowest BCUT2D eigenvalue weighted by Crippen LogP contribution is -2.47. The molecule has 0 N–H and O–H groups in total. The van der Waals surface area contributed by atoms with Crippen molar-refractivity contribution < 1.29 is 4.79 Å². The van der Waals surface area contributed by atoms with Gasteiger partial charge in [-0.25, -0.2) is 4.98 Å². The zero-order valence-electron chi connectivity index (χ0n) is 18.6. The molecule has 0 atom stereocenters. The van der Waals surface area contributed by atoms with Crippen LogP contribution in [0, 0.1) is 0 Å². The number of carbonyl (C=O) groups is 1. The molecular weight excluding hydrogens is 412 g/mol. The van der Waals surface area contributed by atoms with Crippen molar-refractivity contribution in [3.63, 3.8) is 0 Å². The molecule has 0 saturated carbocycles. The van der Waals surface area contributed by atoms with Crippen molar-refractivity contribution in [1.82, 2.24) is 29.5 Å². The van der Waals surface area contributed by atoms with E-state index in [0.29, 0.717) is 12.1 Å². The lowest BCUT2D eigenvalue weighted by molar-refractivity contribution is 0.0664. The number of hydrogen-bond acceptors (Lipinski definition) is 5. The van der Waals surface area contributed by atoms with E-state index >= 15 is 0 Å². The second-order valence-corrected chi connectivity index (χ2v) is 8.38. The number of nitrogens with zero attached hydrogens (tertiary/aromatic N) is 6. The van der Waals surface area contributed by atoms with Gasteiger partial charge >= 0.3 is 0 Å². The summed E-state index contributed by atoms with van der Waals surface area (Å²) >= 11 is 0. The molecule has 1 aliphatic heterocycles. The first-order chi connectivity index (χ1) is 16.2. The first-order valence-electron chi connectivity index (χ1n) is 11.1. The molecule has 5 rings (SSSR count). The Morgan fingerprint density at radius 3 is 2.42 bits per heavy atom. The third-order valence-electron chi connectivity index (χ3n) is 5.95. The van der Waals surface area contributed by atoms with Gasteiger partial charge in [-0.2, -0.15) is 5.10 Å². The van der Waals surface area contributed by atoms with E-state index in [-0.39, 0.29) is 5.91 Å². The molecule has 7 nitrogen and oxygen atoms in total. The standard InChI is InChI=1S/C26H26N6O/c1-30-10-12-31(13-11-30)26(33)22-9-5-8-21(14-22)24-16-27-17-25(29-24)23-15-28-32(19-23)18-20-6-3-2-4-7-20/h2-9,14-17,19H,10-13,18H2,1H3.